The molecule has 2 rings (SSSR count). The summed E-state index contributed by atoms with van der Waals surface area (Å²) in [5.74, 6) is -0.0796. The molecule has 1 aromatic heterocycles. The number of carbonyl (C=O) groups is 1. The number of aromatic nitrogens is 3. The Kier molecular flexibility index (Phi) is 11.0. The molecule has 9 heteroatoms. The normalized spacial score (nSPS) is 9.61. The Morgan fingerprint density at radius 1 is 1.35 bits per heavy atom. The predicted octanol–water partition coefficient (Wildman–Crippen LogP) is 1.34. The van der Waals surface area contributed by atoms with Crippen LogP contribution in [-0.2, 0) is 16.1 Å². The van der Waals surface area contributed by atoms with Crippen molar-refractivity contribution in [1.82, 2.24) is 20.1 Å². The quantitative estimate of drug-likeness (QED) is 0.693. The summed E-state index contributed by atoms with van der Waals surface area (Å²) < 4.78 is 6.63. The van der Waals surface area contributed by atoms with Crippen molar-refractivity contribution < 1.29 is 9.53 Å². The lowest BCUT2D eigenvalue weighted by Gasteiger charge is -2.08. The smallest absolute Gasteiger partial charge is 0.238 e. The minimum atomic E-state index is -0.0796. The van der Waals surface area contributed by atoms with Crippen molar-refractivity contribution in [3.8, 4) is 0 Å². The summed E-state index contributed by atoms with van der Waals surface area (Å²) in [7, 11) is 1.63. The second-order valence-corrected chi connectivity index (χ2v) is 4.51. The van der Waals surface area contributed by atoms with Crippen LogP contribution in [0.2, 0.25) is 0 Å². The van der Waals surface area contributed by atoms with Crippen molar-refractivity contribution in [3.63, 3.8) is 0 Å². The van der Waals surface area contributed by atoms with E-state index in [1.54, 1.807) is 18.1 Å². The first-order valence-corrected chi connectivity index (χ1v) is 6.69. The van der Waals surface area contributed by atoms with E-state index in [9.17, 15) is 4.79 Å². The van der Waals surface area contributed by atoms with Crippen LogP contribution in [0.5, 0.6) is 0 Å². The molecular weight excluding hydrogens is 341 g/mol. The number of rotatable bonds is 8. The topological polar surface area (TPSA) is 81.1 Å². The van der Waals surface area contributed by atoms with Crippen molar-refractivity contribution in [2.75, 3.05) is 32.1 Å². The molecule has 0 atom stereocenters. The highest BCUT2D eigenvalue weighted by Crippen LogP contribution is 2.11. The van der Waals surface area contributed by atoms with Crippen LogP contribution in [0, 0.1) is 0 Å². The summed E-state index contributed by atoms with van der Waals surface area (Å²) in [6.07, 6.45) is 3.16. The van der Waals surface area contributed by atoms with E-state index in [2.05, 4.69) is 20.7 Å². The predicted molar refractivity (Wildman–Crippen MR) is 93.4 cm³/mol. The average Bonchev–Trinajstić information content (AvgIpc) is 2.97. The summed E-state index contributed by atoms with van der Waals surface area (Å²) in [5, 5.41) is 9.91. The Hall–Kier alpha value is -1.67. The van der Waals surface area contributed by atoms with E-state index in [1.165, 1.54) is 6.33 Å². The molecule has 128 valence electrons. The minimum Gasteiger partial charge on any atom is -0.383 e. The molecule has 7 nitrogen and oxygen atoms in total. The van der Waals surface area contributed by atoms with E-state index < -0.39 is 0 Å². The van der Waals surface area contributed by atoms with E-state index in [-0.39, 0.29) is 37.3 Å². The summed E-state index contributed by atoms with van der Waals surface area (Å²) in [6, 6.07) is 7.67. The molecule has 1 amide bonds. The van der Waals surface area contributed by atoms with Gasteiger partial charge in [-0.25, -0.2) is 9.67 Å². The number of benzene rings is 1. The van der Waals surface area contributed by atoms with Gasteiger partial charge in [0.15, 0.2) is 0 Å². The molecule has 0 aliphatic rings. The first kappa shape index (κ1) is 21.3. The van der Waals surface area contributed by atoms with E-state index in [4.69, 9.17) is 4.74 Å². The van der Waals surface area contributed by atoms with Gasteiger partial charge in [0.25, 0.3) is 0 Å². The molecule has 0 bridgehead atoms. The van der Waals surface area contributed by atoms with Gasteiger partial charge in [-0.2, -0.15) is 5.10 Å². The van der Waals surface area contributed by atoms with Crippen LogP contribution in [0.1, 0.15) is 5.56 Å². The van der Waals surface area contributed by atoms with Crippen LogP contribution < -0.4 is 10.6 Å². The molecule has 23 heavy (non-hydrogen) atoms. The average molecular weight is 362 g/mol. The number of methoxy groups -OCH3 is 1. The van der Waals surface area contributed by atoms with Gasteiger partial charge in [0.1, 0.15) is 12.7 Å². The number of ether oxygens (including phenoxy) is 1. The summed E-state index contributed by atoms with van der Waals surface area (Å²) in [6.45, 7) is 2.11. The number of hydrogen-bond acceptors (Lipinski definition) is 5. The van der Waals surface area contributed by atoms with Gasteiger partial charge >= 0.3 is 0 Å². The fraction of sp³-hybridized carbons (Fsp3) is 0.357. The summed E-state index contributed by atoms with van der Waals surface area (Å²) >= 11 is 0. The van der Waals surface area contributed by atoms with Gasteiger partial charge in [-0.15, -0.1) is 24.8 Å². The summed E-state index contributed by atoms with van der Waals surface area (Å²) in [5.41, 5.74) is 1.82. The van der Waals surface area contributed by atoms with Crippen LogP contribution in [-0.4, -0.2) is 47.5 Å². The Bertz CT molecular complexity index is 566. The maximum absolute atomic E-state index is 11.8. The number of hydrogen-bond donors (Lipinski definition) is 2. The van der Waals surface area contributed by atoms with Gasteiger partial charge in [0, 0.05) is 19.3 Å². The molecule has 2 aromatic rings. The second-order valence-electron chi connectivity index (χ2n) is 4.51. The first-order valence-electron chi connectivity index (χ1n) is 6.69. The molecular formula is C14H21Cl2N5O2. The molecule has 2 N–H and O–H groups in total. The zero-order valence-corrected chi connectivity index (χ0v) is 14.4. The van der Waals surface area contributed by atoms with Crippen molar-refractivity contribution in [1.29, 1.82) is 0 Å². The minimum absolute atomic E-state index is 0. The number of halogens is 2. The van der Waals surface area contributed by atoms with E-state index >= 15 is 0 Å². The van der Waals surface area contributed by atoms with Gasteiger partial charge in [-0.1, -0.05) is 12.1 Å². The fourth-order valence-corrected chi connectivity index (χ4v) is 1.83. The zero-order valence-electron chi connectivity index (χ0n) is 12.8. The van der Waals surface area contributed by atoms with Crippen LogP contribution in [0.4, 0.5) is 5.69 Å². The number of anilines is 1. The zero-order chi connectivity index (χ0) is 14.9. The molecule has 0 radical (unpaired) electrons. The van der Waals surface area contributed by atoms with Crippen molar-refractivity contribution in [2.45, 2.75) is 6.54 Å². The third kappa shape index (κ3) is 7.94. The monoisotopic (exact) mass is 361 g/mol. The third-order valence-corrected chi connectivity index (χ3v) is 2.79. The highest BCUT2D eigenvalue weighted by Gasteiger charge is 2.03. The maximum atomic E-state index is 11.8. The number of carbonyl (C=O) groups excluding carboxylic acids is 1. The fourth-order valence-electron chi connectivity index (χ4n) is 1.83. The molecule has 1 heterocycles. The molecule has 0 fully saturated rings. The van der Waals surface area contributed by atoms with Gasteiger partial charge < -0.3 is 15.4 Å². The number of nitrogens with one attached hydrogen (secondary N) is 2. The lowest BCUT2D eigenvalue weighted by atomic mass is 10.2. The largest absolute Gasteiger partial charge is 0.383 e. The second kappa shape index (κ2) is 11.8. The Balaban J connectivity index is 0.00000242. The Morgan fingerprint density at radius 3 is 2.87 bits per heavy atom. The first-order chi connectivity index (χ1) is 10.3. The van der Waals surface area contributed by atoms with E-state index in [0.29, 0.717) is 19.7 Å². The highest BCUT2D eigenvalue weighted by atomic mass is 35.5. The Morgan fingerprint density at radius 2 is 2.17 bits per heavy atom. The maximum Gasteiger partial charge on any atom is 0.238 e. The Labute approximate surface area is 147 Å². The molecule has 0 unspecified atom stereocenters. The van der Waals surface area contributed by atoms with Crippen LogP contribution in [0.3, 0.4) is 0 Å². The van der Waals surface area contributed by atoms with Gasteiger partial charge in [-0.05, 0) is 17.7 Å². The molecule has 0 spiro atoms. The molecule has 0 aliphatic carbocycles. The number of nitrogens with zero attached hydrogens (tertiary/aromatic N) is 3. The third-order valence-electron chi connectivity index (χ3n) is 2.79. The van der Waals surface area contributed by atoms with Crippen LogP contribution in [0.25, 0.3) is 0 Å². The number of amides is 1. The molecule has 0 saturated carbocycles. The van der Waals surface area contributed by atoms with Crippen molar-refractivity contribution >= 4 is 36.4 Å². The van der Waals surface area contributed by atoms with Gasteiger partial charge in [0.05, 0.1) is 19.7 Å². The van der Waals surface area contributed by atoms with Crippen molar-refractivity contribution in [3.05, 3.63) is 42.5 Å². The molecule has 0 aliphatic heterocycles. The lowest BCUT2D eigenvalue weighted by Crippen LogP contribution is -2.30. The van der Waals surface area contributed by atoms with E-state index in [1.807, 2.05) is 24.3 Å². The van der Waals surface area contributed by atoms with Gasteiger partial charge in [-0.3, -0.25) is 4.79 Å². The van der Waals surface area contributed by atoms with E-state index in [0.717, 1.165) is 11.3 Å². The molecule has 1 aromatic carbocycles. The van der Waals surface area contributed by atoms with Crippen LogP contribution in [0.15, 0.2) is 36.9 Å². The lowest BCUT2D eigenvalue weighted by molar-refractivity contribution is -0.115. The molecule has 0 saturated heterocycles. The standard InChI is InChI=1S/C14H19N5O2.2ClH/c1-21-6-5-15-8-14(20)18-13-4-2-3-12(7-13)9-19-11-16-10-17-19;;/h2-4,7,10-11,15H,5-6,8-9H2,1H3,(H,18,20);2*1H. The van der Waals surface area contributed by atoms with Gasteiger partial charge in [0.2, 0.25) is 5.91 Å². The van der Waals surface area contributed by atoms with Crippen LogP contribution >= 0.6 is 24.8 Å². The SMILES string of the molecule is COCCNCC(=O)Nc1cccc(Cn2cncn2)c1.Cl.Cl. The highest BCUT2D eigenvalue weighted by molar-refractivity contribution is 5.92. The van der Waals surface area contributed by atoms with Crippen molar-refractivity contribution in [2.24, 2.45) is 0 Å². The summed E-state index contributed by atoms with van der Waals surface area (Å²) in [4.78, 5) is 15.7.